The van der Waals surface area contributed by atoms with Crippen molar-refractivity contribution < 1.29 is 19.5 Å². The molecule has 7 heteroatoms. The Morgan fingerprint density at radius 1 is 1.21 bits per heavy atom. The summed E-state index contributed by atoms with van der Waals surface area (Å²) < 4.78 is 0. The number of benzene rings is 1. The molecule has 2 N–H and O–H groups in total. The molecule has 3 unspecified atom stereocenters. The van der Waals surface area contributed by atoms with Gasteiger partial charge in [0.1, 0.15) is 6.04 Å². The van der Waals surface area contributed by atoms with Crippen LogP contribution in [0.1, 0.15) is 18.4 Å². The number of carbonyl (C=O) groups excluding carboxylic acids is 2. The third kappa shape index (κ3) is 3.13. The molecule has 0 bridgehead atoms. The molecule has 24 heavy (non-hydrogen) atoms. The van der Waals surface area contributed by atoms with Gasteiger partial charge in [0.15, 0.2) is 0 Å². The van der Waals surface area contributed by atoms with Gasteiger partial charge in [-0.15, -0.1) is 11.8 Å². The van der Waals surface area contributed by atoms with Crippen molar-refractivity contribution in [2.24, 2.45) is 11.8 Å². The summed E-state index contributed by atoms with van der Waals surface area (Å²) in [4.78, 5) is 37.9. The second-order valence-corrected chi connectivity index (χ2v) is 7.26. The summed E-state index contributed by atoms with van der Waals surface area (Å²) in [7, 11) is 0. The summed E-state index contributed by atoms with van der Waals surface area (Å²) in [5.74, 6) is -1.47. The molecule has 3 atom stereocenters. The van der Waals surface area contributed by atoms with Gasteiger partial charge in [-0.25, -0.2) is 0 Å². The van der Waals surface area contributed by atoms with Gasteiger partial charge in [-0.2, -0.15) is 0 Å². The van der Waals surface area contributed by atoms with Crippen molar-refractivity contribution in [1.82, 2.24) is 4.90 Å². The Balaban J connectivity index is 1.69. The Bertz CT molecular complexity index is 678. The zero-order valence-electron chi connectivity index (χ0n) is 13.4. The van der Waals surface area contributed by atoms with E-state index < -0.39 is 23.8 Å². The molecule has 1 aromatic carbocycles. The summed E-state index contributed by atoms with van der Waals surface area (Å²) in [5.41, 5.74) is 1.69. The fourth-order valence-electron chi connectivity index (χ4n) is 3.11. The number of amides is 2. The molecule has 1 aliphatic carbocycles. The number of hydrogen-bond donors (Lipinski definition) is 2. The molecule has 1 saturated carbocycles. The topological polar surface area (TPSA) is 86.7 Å². The fraction of sp³-hybridized carbons (Fsp3) is 0.471. The maximum absolute atomic E-state index is 12.6. The lowest BCUT2D eigenvalue weighted by Gasteiger charge is -2.36. The predicted octanol–water partition coefficient (Wildman–Crippen LogP) is 1.95. The summed E-state index contributed by atoms with van der Waals surface area (Å²) in [6, 6.07) is 6.94. The first kappa shape index (κ1) is 16.8. The normalized spacial score (nSPS) is 25.9. The van der Waals surface area contributed by atoms with Crippen LogP contribution in [0.2, 0.25) is 0 Å². The van der Waals surface area contributed by atoms with Gasteiger partial charge in [0.2, 0.25) is 11.8 Å². The molecule has 128 valence electrons. The number of para-hydroxylation sites is 1. The van der Waals surface area contributed by atoms with Crippen molar-refractivity contribution in [3.05, 3.63) is 29.8 Å². The molecular formula is C17H20N2O4S. The highest BCUT2D eigenvalue weighted by Crippen LogP contribution is 2.38. The van der Waals surface area contributed by atoms with Crippen LogP contribution in [-0.4, -0.2) is 45.5 Å². The van der Waals surface area contributed by atoms with Gasteiger partial charge in [-0.1, -0.05) is 18.2 Å². The fourth-order valence-corrected chi connectivity index (χ4v) is 4.27. The molecule has 2 aliphatic rings. The quantitative estimate of drug-likeness (QED) is 0.868. The van der Waals surface area contributed by atoms with Crippen molar-refractivity contribution in [3.8, 4) is 0 Å². The molecule has 1 aromatic rings. The van der Waals surface area contributed by atoms with Crippen LogP contribution >= 0.6 is 11.8 Å². The Hall–Kier alpha value is -2.02. The zero-order chi connectivity index (χ0) is 17.3. The van der Waals surface area contributed by atoms with E-state index in [4.69, 9.17) is 5.11 Å². The van der Waals surface area contributed by atoms with Crippen molar-refractivity contribution in [2.75, 3.05) is 16.9 Å². The van der Waals surface area contributed by atoms with E-state index in [1.54, 1.807) is 0 Å². The van der Waals surface area contributed by atoms with Crippen LogP contribution in [0.25, 0.3) is 0 Å². The van der Waals surface area contributed by atoms with Crippen molar-refractivity contribution in [3.63, 3.8) is 0 Å². The summed E-state index contributed by atoms with van der Waals surface area (Å²) in [6.07, 6.45) is 1.12. The molecule has 2 amide bonds. The molecule has 0 spiro atoms. The minimum absolute atomic E-state index is 0.205. The largest absolute Gasteiger partial charge is 0.481 e. The average Bonchev–Trinajstić information content (AvgIpc) is 2.97. The highest BCUT2D eigenvalue weighted by atomic mass is 32.2. The molecule has 1 heterocycles. The maximum Gasteiger partial charge on any atom is 0.307 e. The molecule has 1 aliphatic heterocycles. The lowest BCUT2D eigenvalue weighted by Crippen LogP contribution is -2.51. The van der Waals surface area contributed by atoms with Gasteiger partial charge in [-0.05, 0) is 31.4 Å². The standard InChI is InChI=1S/C17H20N2O4S/c1-10-4-2-3-5-13(10)18-15(20)14-8-24-9-19(14)16(21)11-6-7-12(11)17(22)23/h2-5,11-12,14H,6-9H2,1H3,(H,18,20)(H,22,23). The maximum atomic E-state index is 12.6. The van der Waals surface area contributed by atoms with Gasteiger partial charge in [0, 0.05) is 11.4 Å². The second-order valence-electron chi connectivity index (χ2n) is 6.26. The number of nitrogens with one attached hydrogen (secondary N) is 1. The van der Waals surface area contributed by atoms with E-state index in [2.05, 4.69) is 5.32 Å². The van der Waals surface area contributed by atoms with Gasteiger partial charge < -0.3 is 15.3 Å². The van der Waals surface area contributed by atoms with Crippen LogP contribution < -0.4 is 5.32 Å². The highest BCUT2D eigenvalue weighted by Gasteiger charge is 2.46. The molecule has 1 saturated heterocycles. The summed E-state index contributed by atoms with van der Waals surface area (Å²) >= 11 is 1.52. The van der Waals surface area contributed by atoms with Crippen molar-refractivity contribution >= 4 is 35.2 Å². The van der Waals surface area contributed by atoms with E-state index >= 15 is 0 Å². The minimum atomic E-state index is -0.924. The number of carboxylic acid groups (broad SMARTS) is 1. The Labute approximate surface area is 144 Å². The molecule has 6 nitrogen and oxygen atoms in total. The molecule has 0 aromatic heterocycles. The first-order chi connectivity index (χ1) is 11.5. The van der Waals surface area contributed by atoms with E-state index in [-0.39, 0.29) is 11.8 Å². The summed E-state index contributed by atoms with van der Waals surface area (Å²) in [6.45, 7) is 1.91. The Morgan fingerprint density at radius 3 is 2.54 bits per heavy atom. The Kier molecular flexibility index (Phi) is 4.80. The van der Waals surface area contributed by atoms with Gasteiger partial charge in [0.25, 0.3) is 0 Å². The van der Waals surface area contributed by atoms with E-state index in [0.29, 0.717) is 24.5 Å². The van der Waals surface area contributed by atoms with Gasteiger partial charge in [-0.3, -0.25) is 14.4 Å². The molecule has 0 radical (unpaired) electrons. The minimum Gasteiger partial charge on any atom is -0.481 e. The van der Waals surface area contributed by atoms with Crippen LogP contribution in [0, 0.1) is 18.8 Å². The van der Waals surface area contributed by atoms with Crippen LogP contribution in [0.5, 0.6) is 0 Å². The third-order valence-corrected chi connectivity index (χ3v) is 5.79. The van der Waals surface area contributed by atoms with Crippen LogP contribution in [0.3, 0.4) is 0 Å². The van der Waals surface area contributed by atoms with Crippen LogP contribution in [-0.2, 0) is 14.4 Å². The molecule has 2 fully saturated rings. The number of aliphatic carboxylic acids is 1. The van der Waals surface area contributed by atoms with Gasteiger partial charge in [0.05, 0.1) is 17.7 Å². The summed E-state index contributed by atoms with van der Waals surface area (Å²) in [5, 5.41) is 12.0. The number of hydrogen-bond acceptors (Lipinski definition) is 4. The average molecular weight is 348 g/mol. The number of nitrogens with zero attached hydrogens (tertiary/aromatic N) is 1. The highest BCUT2D eigenvalue weighted by molar-refractivity contribution is 7.99. The van der Waals surface area contributed by atoms with Gasteiger partial charge >= 0.3 is 5.97 Å². The second kappa shape index (κ2) is 6.84. The SMILES string of the molecule is Cc1ccccc1NC(=O)C1CSCN1C(=O)C1CCC1C(=O)O. The predicted molar refractivity (Wildman–Crippen MR) is 91.6 cm³/mol. The molecular weight excluding hydrogens is 328 g/mol. The zero-order valence-corrected chi connectivity index (χ0v) is 14.2. The van der Waals surface area contributed by atoms with Crippen molar-refractivity contribution in [1.29, 1.82) is 0 Å². The number of carbonyl (C=O) groups is 3. The lowest BCUT2D eigenvalue weighted by molar-refractivity contribution is -0.157. The monoisotopic (exact) mass is 348 g/mol. The van der Waals surface area contributed by atoms with Crippen molar-refractivity contribution in [2.45, 2.75) is 25.8 Å². The number of thioether (sulfide) groups is 1. The number of anilines is 1. The Morgan fingerprint density at radius 2 is 1.92 bits per heavy atom. The first-order valence-corrected chi connectivity index (χ1v) is 9.12. The van der Waals surface area contributed by atoms with Crippen LogP contribution in [0.15, 0.2) is 24.3 Å². The number of carboxylic acids is 1. The van der Waals surface area contributed by atoms with E-state index in [1.165, 1.54) is 16.7 Å². The molecule has 3 rings (SSSR count). The first-order valence-electron chi connectivity index (χ1n) is 7.96. The third-order valence-electron chi connectivity index (χ3n) is 4.78. The van der Waals surface area contributed by atoms with E-state index in [1.807, 2.05) is 31.2 Å². The van der Waals surface area contributed by atoms with Crippen LogP contribution in [0.4, 0.5) is 5.69 Å². The van der Waals surface area contributed by atoms with E-state index in [0.717, 1.165) is 11.3 Å². The van der Waals surface area contributed by atoms with E-state index in [9.17, 15) is 14.4 Å². The lowest BCUT2D eigenvalue weighted by atomic mass is 9.73. The number of rotatable bonds is 4. The number of aryl methyl sites for hydroxylation is 1. The smallest absolute Gasteiger partial charge is 0.307 e.